The minimum Gasteiger partial charge on any atom is -0.495 e. The van der Waals surface area contributed by atoms with Gasteiger partial charge in [-0.1, -0.05) is 31.4 Å². The first-order chi connectivity index (χ1) is 14.6. The molecule has 0 atom stereocenters. The number of nitrogens with zero attached hydrogens (tertiary/aromatic N) is 2. The number of carbonyl (C=O) groups excluding carboxylic acids is 1. The van der Waals surface area contributed by atoms with Crippen LogP contribution in [0.1, 0.15) is 53.9 Å². The van der Waals surface area contributed by atoms with Gasteiger partial charge < -0.3 is 19.9 Å². The number of hydrogen-bond donors (Lipinski definition) is 1. The summed E-state index contributed by atoms with van der Waals surface area (Å²) in [5.74, 6) is 1.43. The number of carbonyl (C=O) groups is 1. The molecule has 1 saturated carbocycles. The number of nitrogens with one attached hydrogen (secondary N) is 1. The Balaban J connectivity index is 1.45. The number of piperazine rings is 1. The summed E-state index contributed by atoms with van der Waals surface area (Å²) in [6.45, 7) is 3.94. The molecule has 1 saturated heterocycles. The molecule has 2 fully saturated rings. The molecule has 5 nitrogen and oxygen atoms in total. The summed E-state index contributed by atoms with van der Waals surface area (Å²) < 4.78 is 5.57. The summed E-state index contributed by atoms with van der Waals surface area (Å²) in [5.41, 5.74) is 3.90. The lowest BCUT2D eigenvalue weighted by atomic mass is 9.84. The maximum atomic E-state index is 12.8. The first-order valence-corrected chi connectivity index (χ1v) is 11.2. The van der Waals surface area contributed by atoms with E-state index in [4.69, 9.17) is 4.74 Å². The Kier molecular flexibility index (Phi) is 6.58. The number of anilines is 2. The predicted molar refractivity (Wildman–Crippen MR) is 123 cm³/mol. The third kappa shape index (κ3) is 4.78. The highest BCUT2D eigenvalue weighted by Crippen LogP contribution is 2.34. The van der Waals surface area contributed by atoms with Crippen molar-refractivity contribution in [3.63, 3.8) is 0 Å². The van der Waals surface area contributed by atoms with Crippen LogP contribution in [0.5, 0.6) is 5.75 Å². The van der Waals surface area contributed by atoms with E-state index in [1.54, 1.807) is 7.11 Å². The first kappa shape index (κ1) is 20.7. The van der Waals surface area contributed by atoms with Crippen molar-refractivity contribution in [2.75, 3.05) is 50.6 Å². The molecule has 160 valence electrons. The fourth-order valence-corrected chi connectivity index (χ4v) is 4.61. The number of ether oxygens (including phenoxy) is 1. The summed E-state index contributed by atoms with van der Waals surface area (Å²) >= 11 is 0. The highest BCUT2D eigenvalue weighted by Gasteiger charge is 2.19. The topological polar surface area (TPSA) is 44.8 Å². The van der Waals surface area contributed by atoms with Crippen molar-refractivity contribution in [2.45, 2.75) is 38.0 Å². The Bertz CT molecular complexity index is 851. The fraction of sp³-hybridized carbons (Fsp3) is 0.480. The third-order valence-electron chi connectivity index (χ3n) is 6.53. The minimum atomic E-state index is -0.0697. The van der Waals surface area contributed by atoms with Gasteiger partial charge in [-0.05, 0) is 61.7 Å². The Hall–Kier alpha value is -2.53. The molecule has 0 spiro atoms. The summed E-state index contributed by atoms with van der Waals surface area (Å²) in [6, 6.07) is 14.1. The van der Waals surface area contributed by atoms with Crippen LogP contribution in [0.15, 0.2) is 42.5 Å². The molecule has 30 heavy (non-hydrogen) atoms. The van der Waals surface area contributed by atoms with E-state index < -0.39 is 0 Å². The average molecular weight is 408 g/mol. The van der Waals surface area contributed by atoms with Gasteiger partial charge in [0.1, 0.15) is 5.75 Å². The fourth-order valence-electron chi connectivity index (χ4n) is 4.61. The second-order valence-electron chi connectivity index (χ2n) is 8.59. The minimum absolute atomic E-state index is 0.0697. The molecule has 1 aliphatic carbocycles. The third-order valence-corrected chi connectivity index (χ3v) is 6.53. The van der Waals surface area contributed by atoms with Crippen LogP contribution in [0.3, 0.4) is 0 Å². The van der Waals surface area contributed by atoms with Crippen molar-refractivity contribution in [2.24, 2.45) is 0 Å². The van der Waals surface area contributed by atoms with Gasteiger partial charge in [-0.25, -0.2) is 0 Å². The molecule has 5 heteroatoms. The van der Waals surface area contributed by atoms with Gasteiger partial charge >= 0.3 is 0 Å². The molecule has 2 aromatic rings. The normalized spacial score (nSPS) is 18.3. The molecule has 1 aliphatic heterocycles. The molecular formula is C25H33N3O2. The van der Waals surface area contributed by atoms with E-state index in [1.165, 1.54) is 37.7 Å². The largest absolute Gasteiger partial charge is 0.495 e. The summed E-state index contributed by atoms with van der Waals surface area (Å²) in [4.78, 5) is 17.5. The van der Waals surface area contributed by atoms with Crippen molar-refractivity contribution < 1.29 is 9.53 Å². The Labute approximate surface area is 180 Å². The van der Waals surface area contributed by atoms with Crippen LogP contribution in [-0.4, -0.2) is 51.1 Å². The monoisotopic (exact) mass is 407 g/mol. The van der Waals surface area contributed by atoms with Gasteiger partial charge in [-0.2, -0.15) is 0 Å². The van der Waals surface area contributed by atoms with Gasteiger partial charge in [0.05, 0.1) is 12.8 Å². The highest BCUT2D eigenvalue weighted by atomic mass is 16.5. The van der Waals surface area contributed by atoms with Crippen LogP contribution >= 0.6 is 0 Å². The van der Waals surface area contributed by atoms with Crippen LogP contribution < -0.4 is 15.0 Å². The number of rotatable bonds is 5. The van der Waals surface area contributed by atoms with Crippen LogP contribution in [-0.2, 0) is 0 Å². The smallest absolute Gasteiger partial charge is 0.255 e. The van der Waals surface area contributed by atoms with Gasteiger partial charge in [-0.15, -0.1) is 0 Å². The first-order valence-electron chi connectivity index (χ1n) is 11.2. The van der Waals surface area contributed by atoms with Gasteiger partial charge in [0, 0.05) is 37.4 Å². The average Bonchev–Trinajstić information content (AvgIpc) is 2.80. The van der Waals surface area contributed by atoms with E-state index >= 15 is 0 Å². The SMILES string of the molecule is COc1ccc(NC(=O)c2ccc(C3CCCCC3)cc2)cc1N1CCN(C)CC1. The molecule has 1 heterocycles. The molecule has 4 rings (SSSR count). The van der Waals surface area contributed by atoms with Gasteiger partial charge in [-0.3, -0.25) is 4.79 Å². The zero-order chi connectivity index (χ0) is 20.9. The Morgan fingerprint density at radius 2 is 1.67 bits per heavy atom. The van der Waals surface area contributed by atoms with Gasteiger partial charge in [0.25, 0.3) is 5.91 Å². The standard InChI is InChI=1S/C25H33N3O2/c1-27-14-16-28(17-15-27)23-18-22(12-13-24(23)30-2)26-25(29)21-10-8-20(9-11-21)19-6-4-3-5-7-19/h8-13,18-19H,3-7,14-17H2,1-2H3,(H,26,29). The summed E-state index contributed by atoms with van der Waals surface area (Å²) in [5, 5.41) is 3.07. The molecule has 2 aliphatic rings. The lowest BCUT2D eigenvalue weighted by Crippen LogP contribution is -2.44. The maximum Gasteiger partial charge on any atom is 0.255 e. The van der Waals surface area contributed by atoms with Crippen LogP contribution in [0, 0.1) is 0 Å². The highest BCUT2D eigenvalue weighted by molar-refractivity contribution is 6.04. The molecule has 0 bridgehead atoms. The molecule has 1 N–H and O–H groups in total. The lowest BCUT2D eigenvalue weighted by Gasteiger charge is -2.35. The second kappa shape index (κ2) is 9.52. The number of amides is 1. The molecule has 2 aromatic carbocycles. The number of hydrogen-bond acceptors (Lipinski definition) is 4. The zero-order valence-electron chi connectivity index (χ0n) is 18.2. The van der Waals surface area contributed by atoms with E-state index in [2.05, 4.69) is 34.3 Å². The Morgan fingerprint density at radius 3 is 2.33 bits per heavy atom. The maximum absolute atomic E-state index is 12.8. The van der Waals surface area contributed by atoms with Crippen molar-refractivity contribution >= 4 is 17.3 Å². The molecule has 0 aromatic heterocycles. The number of methoxy groups -OCH3 is 1. The number of likely N-dealkylation sites (N-methyl/N-ethyl adjacent to an activating group) is 1. The van der Waals surface area contributed by atoms with Crippen LogP contribution in [0.4, 0.5) is 11.4 Å². The van der Waals surface area contributed by atoms with E-state index in [1.807, 2.05) is 30.3 Å². The molecule has 0 radical (unpaired) electrons. The van der Waals surface area contributed by atoms with Crippen molar-refractivity contribution in [3.05, 3.63) is 53.6 Å². The van der Waals surface area contributed by atoms with Gasteiger partial charge in [0.15, 0.2) is 0 Å². The van der Waals surface area contributed by atoms with Gasteiger partial charge in [0.2, 0.25) is 0 Å². The molecule has 1 amide bonds. The van der Waals surface area contributed by atoms with Crippen molar-refractivity contribution in [1.82, 2.24) is 4.90 Å². The van der Waals surface area contributed by atoms with Crippen molar-refractivity contribution in [3.8, 4) is 5.75 Å². The van der Waals surface area contributed by atoms with Crippen LogP contribution in [0.25, 0.3) is 0 Å². The quantitative estimate of drug-likeness (QED) is 0.777. The predicted octanol–water partition coefficient (Wildman–Crippen LogP) is 4.75. The summed E-state index contributed by atoms with van der Waals surface area (Å²) in [6.07, 6.45) is 6.54. The second-order valence-corrected chi connectivity index (χ2v) is 8.59. The van der Waals surface area contributed by atoms with Crippen molar-refractivity contribution in [1.29, 1.82) is 0 Å². The van der Waals surface area contributed by atoms with E-state index in [-0.39, 0.29) is 5.91 Å². The van der Waals surface area contributed by atoms with E-state index in [9.17, 15) is 4.79 Å². The summed E-state index contributed by atoms with van der Waals surface area (Å²) in [7, 11) is 3.84. The van der Waals surface area contributed by atoms with E-state index in [0.29, 0.717) is 11.5 Å². The molecule has 0 unspecified atom stereocenters. The lowest BCUT2D eigenvalue weighted by molar-refractivity contribution is 0.102. The zero-order valence-corrected chi connectivity index (χ0v) is 18.2. The molecular weight excluding hydrogens is 374 g/mol. The Morgan fingerprint density at radius 1 is 0.967 bits per heavy atom. The number of benzene rings is 2. The van der Waals surface area contributed by atoms with Crippen LogP contribution in [0.2, 0.25) is 0 Å². The van der Waals surface area contributed by atoms with E-state index in [0.717, 1.165) is 43.3 Å².